The van der Waals surface area contributed by atoms with Crippen molar-refractivity contribution in [3.8, 4) is 5.75 Å². The van der Waals surface area contributed by atoms with Gasteiger partial charge in [-0.25, -0.2) is 8.42 Å². The Bertz CT molecular complexity index is 1040. The van der Waals surface area contributed by atoms with E-state index in [0.717, 1.165) is 22.8 Å². The number of rotatable bonds is 2. The molecule has 0 saturated carbocycles. The van der Waals surface area contributed by atoms with Gasteiger partial charge in [-0.3, -0.25) is 4.79 Å². The van der Waals surface area contributed by atoms with Crippen molar-refractivity contribution in [2.75, 3.05) is 0 Å². The summed E-state index contributed by atoms with van der Waals surface area (Å²) in [5, 5.41) is 10.7. The Morgan fingerprint density at radius 3 is 2.44 bits per heavy atom. The number of fused-ring (bicyclic) bond motifs is 1. The van der Waals surface area contributed by atoms with Crippen molar-refractivity contribution >= 4 is 9.84 Å². The van der Waals surface area contributed by atoms with Gasteiger partial charge in [-0.1, -0.05) is 6.07 Å². The van der Waals surface area contributed by atoms with Crippen LogP contribution in [0.2, 0.25) is 0 Å². The minimum Gasteiger partial charge on any atom is -0.485 e. The highest BCUT2D eigenvalue weighted by atomic mass is 32.2. The van der Waals surface area contributed by atoms with Crippen LogP contribution >= 0.6 is 0 Å². The van der Waals surface area contributed by atoms with Gasteiger partial charge in [-0.2, -0.15) is 13.2 Å². The Labute approximate surface area is 152 Å². The topological polar surface area (TPSA) is 85.6 Å². The zero-order chi connectivity index (χ0) is 20.2. The van der Waals surface area contributed by atoms with Crippen LogP contribution in [-0.2, 0) is 9.84 Å². The average molecular weight is 403 g/mol. The van der Waals surface area contributed by atoms with Crippen molar-refractivity contribution in [1.82, 2.24) is 4.57 Å². The van der Waals surface area contributed by atoms with Crippen molar-refractivity contribution in [1.29, 1.82) is 0 Å². The predicted octanol–water partition coefficient (Wildman–Crippen LogP) is 2.26. The smallest absolute Gasteiger partial charge is 0.485 e. The molecule has 0 radical (unpaired) electrons. The van der Waals surface area contributed by atoms with E-state index in [0.29, 0.717) is 0 Å². The fraction of sp³-hybridized carbons (Fsp3) is 0.353. The standard InChI is InChI=1S/C17H16F3NO5S/c1-16(2)15(23)14(21-8-4-3-5-13(21)22)11-9-10(6-7-12(11)26-16)27(24,25)17(18,19)20/h3-9,14-15,23H,1-2H3. The van der Waals surface area contributed by atoms with Gasteiger partial charge in [0.05, 0.1) is 10.9 Å². The zero-order valence-corrected chi connectivity index (χ0v) is 15.1. The highest BCUT2D eigenvalue weighted by molar-refractivity contribution is 7.92. The Morgan fingerprint density at radius 2 is 1.85 bits per heavy atom. The van der Waals surface area contributed by atoms with Gasteiger partial charge in [-0.05, 0) is 38.1 Å². The molecule has 0 amide bonds. The molecule has 0 bridgehead atoms. The number of nitrogens with zero attached hydrogens (tertiary/aromatic N) is 1. The highest BCUT2D eigenvalue weighted by Gasteiger charge is 2.49. The Balaban J connectivity index is 2.27. The molecular formula is C17H16F3NO5S. The lowest BCUT2D eigenvalue weighted by Crippen LogP contribution is -2.52. The molecule has 2 aromatic rings. The summed E-state index contributed by atoms with van der Waals surface area (Å²) in [5.41, 5.74) is -7.18. The SMILES string of the molecule is CC1(C)Oc2ccc(S(=O)(=O)C(F)(F)F)cc2C(n2ccccc2=O)C1O. The molecule has 2 heterocycles. The number of pyridine rings is 1. The van der Waals surface area contributed by atoms with E-state index in [9.17, 15) is 31.5 Å². The van der Waals surface area contributed by atoms with Gasteiger partial charge in [0.2, 0.25) is 0 Å². The molecule has 2 atom stereocenters. The van der Waals surface area contributed by atoms with Gasteiger partial charge in [0.15, 0.2) is 0 Å². The highest BCUT2D eigenvalue weighted by Crippen LogP contribution is 2.43. The number of sulfone groups is 1. The Morgan fingerprint density at radius 1 is 1.19 bits per heavy atom. The summed E-state index contributed by atoms with van der Waals surface area (Å²) in [4.78, 5) is 11.3. The number of hydrogen-bond donors (Lipinski definition) is 1. The van der Waals surface area contributed by atoms with E-state index in [1.165, 1.54) is 24.4 Å². The van der Waals surface area contributed by atoms with Gasteiger partial charge in [0, 0.05) is 17.8 Å². The van der Waals surface area contributed by atoms with Gasteiger partial charge in [0.1, 0.15) is 17.5 Å². The lowest BCUT2D eigenvalue weighted by molar-refractivity contribution is -0.0644. The molecular weight excluding hydrogens is 387 g/mol. The Kier molecular flexibility index (Phi) is 4.39. The monoisotopic (exact) mass is 403 g/mol. The number of aromatic nitrogens is 1. The lowest BCUT2D eigenvalue weighted by Gasteiger charge is -2.42. The van der Waals surface area contributed by atoms with Crippen LogP contribution in [-0.4, -0.2) is 35.3 Å². The Hall–Kier alpha value is -2.33. The molecule has 1 aromatic carbocycles. The number of ether oxygens (including phenoxy) is 1. The van der Waals surface area contributed by atoms with Crippen molar-refractivity contribution in [2.45, 2.75) is 42.0 Å². The molecule has 1 aliphatic rings. The summed E-state index contributed by atoms with van der Waals surface area (Å²) in [5.74, 6) is 0.0900. The van der Waals surface area contributed by atoms with Crippen LogP contribution in [0.5, 0.6) is 5.75 Å². The first-order valence-corrected chi connectivity index (χ1v) is 9.34. The van der Waals surface area contributed by atoms with Gasteiger partial charge >= 0.3 is 5.51 Å². The first-order chi connectivity index (χ1) is 12.4. The summed E-state index contributed by atoms with van der Waals surface area (Å²) in [7, 11) is -5.60. The molecule has 0 saturated heterocycles. The molecule has 0 fully saturated rings. The third-order valence-corrected chi connectivity index (χ3v) is 5.93. The number of hydrogen-bond acceptors (Lipinski definition) is 5. The third kappa shape index (κ3) is 3.12. The third-order valence-electron chi connectivity index (χ3n) is 4.45. The molecule has 3 rings (SSSR count). The van der Waals surface area contributed by atoms with E-state index < -0.39 is 43.5 Å². The van der Waals surface area contributed by atoms with Crippen molar-refractivity contribution in [3.63, 3.8) is 0 Å². The van der Waals surface area contributed by atoms with E-state index in [1.54, 1.807) is 13.8 Å². The largest absolute Gasteiger partial charge is 0.501 e. The zero-order valence-electron chi connectivity index (χ0n) is 14.3. The predicted molar refractivity (Wildman–Crippen MR) is 89.2 cm³/mol. The average Bonchev–Trinajstić information content (AvgIpc) is 2.55. The van der Waals surface area contributed by atoms with Crippen LogP contribution < -0.4 is 10.3 Å². The van der Waals surface area contributed by atoms with Crippen LogP contribution in [0.15, 0.2) is 52.3 Å². The summed E-state index contributed by atoms with van der Waals surface area (Å²) in [6, 6.07) is 5.78. The fourth-order valence-electron chi connectivity index (χ4n) is 3.02. The van der Waals surface area contributed by atoms with E-state index in [-0.39, 0.29) is 11.3 Å². The quantitative estimate of drug-likeness (QED) is 0.832. The fourth-order valence-corrected chi connectivity index (χ4v) is 3.81. The number of aliphatic hydroxyl groups is 1. The first kappa shape index (κ1) is 19.4. The maximum atomic E-state index is 12.9. The summed E-state index contributed by atoms with van der Waals surface area (Å²) in [6.07, 6.45) is 0.0423. The van der Waals surface area contributed by atoms with Crippen LogP contribution in [0.3, 0.4) is 0 Å². The minimum atomic E-state index is -5.60. The number of aliphatic hydroxyl groups excluding tert-OH is 1. The van der Waals surface area contributed by atoms with Gasteiger partial charge in [0.25, 0.3) is 15.4 Å². The number of halogens is 3. The van der Waals surface area contributed by atoms with Crippen LogP contribution in [0.4, 0.5) is 13.2 Å². The van der Waals surface area contributed by atoms with E-state index in [2.05, 4.69) is 0 Å². The van der Waals surface area contributed by atoms with Crippen molar-refractivity contribution in [2.24, 2.45) is 0 Å². The second kappa shape index (κ2) is 6.10. The first-order valence-electron chi connectivity index (χ1n) is 7.86. The van der Waals surface area contributed by atoms with Crippen LogP contribution in [0.1, 0.15) is 25.5 Å². The van der Waals surface area contributed by atoms with Crippen LogP contribution in [0, 0.1) is 0 Å². The molecule has 1 aromatic heterocycles. The molecule has 146 valence electrons. The summed E-state index contributed by atoms with van der Waals surface area (Å²) >= 11 is 0. The summed E-state index contributed by atoms with van der Waals surface area (Å²) < 4.78 is 69.0. The van der Waals surface area contributed by atoms with E-state index in [1.807, 2.05) is 0 Å². The lowest BCUT2D eigenvalue weighted by atomic mass is 9.86. The van der Waals surface area contributed by atoms with Crippen molar-refractivity contribution in [3.05, 3.63) is 58.5 Å². The molecule has 27 heavy (non-hydrogen) atoms. The maximum Gasteiger partial charge on any atom is 0.501 e. The molecule has 1 N–H and O–H groups in total. The molecule has 6 nitrogen and oxygen atoms in total. The normalized spacial score (nSPS) is 22.0. The van der Waals surface area contributed by atoms with Crippen molar-refractivity contribution < 1.29 is 31.4 Å². The molecule has 1 aliphatic heterocycles. The molecule has 2 unspecified atom stereocenters. The van der Waals surface area contributed by atoms with Crippen LogP contribution in [0.25, 0.3) is 0 Å². The van der Waals surface area contributed by atoms with E-state index >= 15 is 0 Å². The summed E-state index contributed by atoms with van der Waals surface area (Å²) in [6.45, 7) is 3.11. The second-order valence-corrected chi connectivity index (χ2v) is 8.63. The van der Waals surface area contributed by atoms with Gasteiger partial charge < -0.3 is 14.4 Å². The van der Waals surface area contributed by atoms with E-state index in [4.69, 9.17) is 4.74 Å². The molecule has 0 aliphatic carbocycles. The second-order valence-electron chi connectivity index (χ2n) is 6.69. The number of benzene rings is 1. The number of alkyl halides is 3. The molecule has 0 spiro atoms. The van der Waals surface area contributed by atoms with Gasteiger partial charge in [-0.15, -0.1) is 0 Å². The molecule has 10 heteroatoms. The maximum absolute atomic E-state index is 12.9. The minimum absolute atomic E-state index is 0.0274.